The Morgan fingerprint density at radius 2 is 1.89 bits per heavy atom. The lowest BCUT2D eigenvalue weighted by Crippen LogP contribution is -2.48. The van der Waals surface area contributed by atoms with Gasteiger partial charge in [0.1, 0.15) is 5.75 Å². The number of nitrogens with two attached hydrogens (primary N) is 1. The zero-order valence-corrected chi connectivity index (χ0v) is 12.0. The summed E-state index contributed by atoms with van der Waals surface area (Å²) >= 11 is 0. The summed E-state index contributed by atoms with van der Waals surface area (Å²) in [5.74, 6) is 0.653. The van der Waals surface area contributed by atoms with Crippen LogP contribution in [0, 0.1) is 0 Å². The molecule has 1 amide bonds. The predicted molar refractivity (Wildman–Crippen MR) is 78.4 cm³/mol. The highest BCUT2D eigenvalue weighted by atomic mass is 16.5. The molecule has 4 nitrogen and oxygen atoms in total. The molecule has 0 radical (unpaired) electrons. The van der Waals surface area contributed by atoms with Crippen LogP contribution in [0.3, 0.4) is 0 Å². The van der Waals surface area contributed by atoms with Gasteiger partial charge in [0.15, 0.2) is 0 Å². The van der Waals surface area contributed by atoms with E-state index in [1.807, 2.05) is 31.2 Å². The number of amides is 1. The topological polar surface area (TPSA) is 64.3 Å². The Morgan fingerprint density at radius 3 is 2.42 bits per heavy atom. The summed E-state index contributed by atoms with van der Waals surface area (Å²) in [4.78, 5) is 12.0. The number of carbonyl (C=O) groups is 1. The number of anilines is 1. The number of ether oxygens (including phenoxy) is 1. The maximum atomic E-state index is 12.0. The Morgan fingerprint density at radius 1 is 1.26 bits per heavy atom. The van der Waals surface area contributed by atoms with Crippen molar-refractivity contribution in [3.8, 4) is 5.75 Å². The lowest BCUT2D eigenvalue weighted by molar-refractivity contribution is -0.120. The largest absolute Gasteiger partial charge is 0.494 e. The van der Waals surface area contributed by atoms with E-state index in [0.29, 0.717) is 13.0 Å². The number of hydrogen-bond acceptors (Lipinski definition) is 3. The first-order chi connectivity index (χ1) is 8.99. The minimum Gasteiger partial charge on any atom is -0.494 e. The third-order valence-corrected chi connectivity index (χ3v) is 2.87. The van der Waals surface area contributed by atoms with Gasteiger partial charge in [-0.2, -0.15) is 0 Å². The SMILES string of the molecule is CCCOc1ccc(NC(=O)C(C)(N)CCC)cc1. The van der Waals surface area contributed by atoms with E-state index in [-0.39, 0.29) is 5.91 Å². The van der Waals surface area contributed by atoms with E-state index in [0.717, 1.165) is 24.3 Å². The number of benzene rings is 1. The number of hydrogen-bond donors (Lipinski definition) is 2. The average molecular weight is 264 g/mol. The van der Waals surface area contributed by atoms with Gasteiger partial charge in [0.25, 0.3) is 0 Å². The van der Waals surface area contributed by atoms with Crippen LogP contribution in [0.15, 0.2) is 24.3 Å². The predicted octanol–water partition coefficient (Wildman–Crippen LogP) is 2.93. The third-order valence-electron chi connectivity index (χ3n) is 2.87. The van der Waals surface area contributed by atoms with Crippen LogP contribution in [-0.4, -0.2) is 18.1 Å². The summed E-state index contributed by atoms with van der Waals surface area (Å²) in [5, 5.41) is 2.83. The van der Waals surface area contributed by atoms with Crippen molar-refractivity contribution in [2.75, 3.05) is 11.9 Å². The van der Waals surface area contributed by atoms with Crippen LogP contribution in [-0.2, 0) is 4.79 Å². The van der Waals surface area contributed by atoms with Gasteiger partial charge in [-0.3, -0.25) is 4.79 Å². The zero-order chi connectivity index (χ0) is 14.3. The van der Waals surface area contributed by atoms with E-state index in [9.17, 15) is 4.79 Å². The molecule has 1 aromatic rings. The summed E-state index contributed by atoms with van der Waals surface area (Å²) < 4.78 is 5.48. The molecular formula is C15H24N2O2. The fourth-order valence-corrected chi connectivity index (χ4v) is 1.76. The van der Waals surface area contributed by atoms with E-state index >= 15 is 0 Å². The molecule has 1 rings (SSSR count). The zero-order valence-electron chi connectivity index (χ0n) is 12.0. The number of nitrogens with one attached hydrogen (secondary N) is 1. The number of rotatable bonds is 7. The van der Waals surface area contributed by atoms with Crippen LogP contribution in [0.1, 0.15) is 40.0 Å². The van der Waals surface area contributed by atoms with Crippen molar-refractivity contribution in [1.29, 1.82) is 0 Å². The van der Waals surface area contributed by atoms with Gasteiger partial charge in [0.2, 0.25) is 5.91 Å². The molecular weight excluding hydrogens is 240 g/mol. The molecule has 3 N–H and O–H groups in total. The summed E-state index contributed by atoms with van der Waals surface area (Å²) in [6.07, 6.45) is 2.52. The maximum absolute atomic E-state index is 12.0. The Kier molecular flexibility index (Phi) is 5.83. The van der Waals surface area contributed by atoms with E-state index < -0.39 is 5.54 Å². The monoisotopic (exact) mass is 264 g/mol. The molecule has 0 saturated heterocycles. The van der Waals surface area contributed by atoms with Crippen LogP contribution >= 0.6 is 0 Å². The van der Waals surface area contributed by atoms with Gasteiger partial charge in [0, 0.05) is 5.69 Å². The Bertz CT molecular complexity index is 399. The molecule has 0 saturated carbocycles. The van der Waals surface area contributed by atoms with Gasteiger partial charge in [-0.15, -0.1) is 0 Å². The van der Waals surface area contributed by atoms with E-state index in [1.54, 1.807) is 6.92 Å². The van der Waals surface area contributed by atoms with Crippen molar-refractivity contribution in [3.63, 3.8) is 0 Å². The molecule has 0 aliphatic rings. The Labute approximate surface area is 115 Å². The Balaban J connectivity index is 2.60. The maximum Gasteiger partial charge on any atom is 0.244 e. The van der Waals surface area contributed by atoms with Crippen LogP contribution in [0.25, 0.3) is 0 Å². The summed E-state index contributed by atoms with van der Waals surface area (Å²) in [6.45, 7) is 6.52. The minimum atomic E-state index is -0.827. The second-order valence-corrected chi connectivity index (χ2v) is 4.99. The standard InChI is InChI=1S/C15H24N2O2/c1-4-10-15(3,16)14(18)17-12-6-8-13(9-7-12)19-11-5-2/h6-9H,4-5,10-11,16H2,1-3H3,(H,17,18). The fraction of sp³-hybridized carbons (Fsp3) is 0.533. The molecule has 0 heterocycles. The van der Waals surface area contributed by atoms with Crippen molar-refractivity contribution in [2.45, 2.75) is 45.6 Å². The molecule has 0 bridgehead atoms. The molecule has 1 aromatic carbocycles. The molecule has 1 atom stereocenters. The van der Waals surface area contributed by atoms with Gasteiger partial charge >= 0.3 is 0 Å². The highest BCUT2D eigenvalue weighted by molar-refractivity contribution is 5.97. The molecule has 0 aliphatic heterocycles. The van der Waals surface area contributed by atoms with Gasteiger partial charge in [-0.05, 0) is 44.0 Å². The van der Waals surface area contributed by atoms with E-state index in [4.69, 9.17) is 10.5 Å². The Hall–Kier alpha value is -1.55. The third kappa shape index (κ3) is 4.91. The van der Waals surface area contributed by atoms with Gasteiger partial charge in [-0.1, -0.05) is 20.3 Å². The molecule has 0 fully saturated rings. The fourth-order valence-electron chi connectivity index (χ4n) is 1.76. The second-order valence-electron chi connectivity index (χ2n) is 4.99. The van der Waals surface area contributed by atoms with E-state index in [1.165, 1.54) is 0 Å². The average Bonchev–Trinajstić information content (AvgIpc) is 2.38. The summed E-state index contributed by atoms with van der Waals surface area (Å²) in [7, 11) is 0. The first-order valence-corrected chi connectivity index (χ1v) is 6.82. The molecule has 19 heavy (non-hydrogen) atoms. The highest BCUT2D eigenvalue weighted by Gasteiger charge is 2.26. The quantitative estimate of drug-likeness (QED) is 0.796. The van der Waals surface area contributed by atoms with Gasteiger partial charge < -0.3 is 15.8 Å². The summed E-state index contributed by atoms with van der Waals surface area (Å²) in [6, 6.07) is 7.34. The smallest absolute Gasteiger partial charge is 0.244 e. The number of carbonyl (C=O) groups excluding carboxylic acids is 1. The second kappa shape index (κ2) is 7.14. The van der Waals surface area contributed by atoms with Gasteiger partial charge in [-0.25, -0.2) is 0 Å². The van der Waals surface area contributed by atoms with E-state index in [2.05, 4.69) is 12.2 Å². The van der Waals surface area contributed by atoms with Crippen LogP contribution in [0.2, 0.25) is 0 Å². The molecule has 0 spiro atoms. The van der Waals surface area contributed by atoms with Crippen molar-refractivity contribution < 1.29 is 9.53 Å². The van der Waals surface area contributed by atoms with Crippen LogP contribution in [0.4, 0.5) is 5.69 Å². The van der Waals surface area contributed by atoms with Crippen LogP contribution in [0.5, 0.6) is 5.75 Å². The molecule has 106 valence electrons. The van der Waals surface area contributed by atoms with Crippen molar-refractivity contribution in [1.82, 2.24) is 0 Å². The lowest BCUT2D eigenvalue weighted by Gasteiger charge is -2.22. The minimum absolute atomic E-state index is 0.156. The molecule has 0 aliphatic carbocycles. The molecule has 1 unspecified atom stereocenters. The van der Waals surface area contributed by atoms with Crippen LogP contribution < -0.4 is 15.8 Å². The van der Waals surface area contributed by atoms with Crippen molar-refractivity contribution in [2.24, 2.45) is 5.73 Å². The molecule has 0 aromatic heterocycles. The lowest BCUT2D eigenvalue weighted by atomic mass is 9.96. The first-order valence-electron chi connectivity index (χ1n) is 6.82. The van der Waals surface area contributed by atoms with Crippen molar-refractivity contribution >= 4 is 11.6 Å². The highest BCUT2D eigenvalue weighted by Crippen LogP contribution is 2.18. The first kappa shape index (κ1) is 15.5. The van der Waals surface area contributed by atoms with Crippen molar-refractivity contribution in [3.05, 3.63) is 24.3 Å². The normalized spacial score (nSPS) is 13.7. The summed E-state index contributed by atoms with van der Waals surface area (Å²) in [5.41, 5.74) is 5.89. The van der Waals surface area contributed by atoms with Gasteiger partial charge in [0.05, 0.1) is 12.1 Å². The molecule has 4 heteroatoms.